The number of piperazine rings is 1. The molecular weight excluding hydrogens is 382 g/mol. The van der Waals surface area contributed by atoms with Crippen LogP contribution in [0.4, 0.5) is 0 Å². The highest BCUT2D eigenvalue weighted by Gasteiger charge is 2.29. The Balaban J connectivity index is 1.42. The second kappa shape index (κ2) is 10.7. The van der Waals surface area contributed by atoms with Crippen LogP contribution in [0.3, 0.4) is 0 Å². The van der Waals surface area contributed by atoms with Gasteiger partial charge in [-0.1, -0.05) is 19.1 Å². The Morgan fingerprint density at radius 2 is 1.93 bits per heavy atom. The first-order valence-electron chi connectivity index (χ1n) is 11.2. The molecule has 2 fully saturated rings. The van der Waals surface area contributed by atoms with E-state index in [9.17, 15) is 4.79 Å². The number of guanidine groups is 1. The Hall–Kier alpha value is -2.16. The van der Waals surface area contributed by atoms with Crippen molar-refractivity contribution in [3.05, 3.63) is 11.9 Å². The summed E-state index contributed by atoms with van der Waals surface area (Å²) >= 11 is 0. The zero-order valence-corrected chi connectivity index (χ0v) is 18.9. The monoisotopic (exact) mass is 419 g/mol. The van der Waals surface area contributed by atoms with E-state index in [2.05, 4.69) is 49.0 Å². The number of rotatable bonds is 6. The fourth-order valence-corrected chi connectivity index (χ4v) is 4.63. The van der Waals surface area contributed by atoms with E-state index >= 15 is 0 Å². The molecule has 0 amide bonds. The number of carbonyl (C=O) groups is 1. The number of ether oxygens (including phenoxy) is 1. The zero-order chi connectivity index (χ0) is 21.5. The van der Waals surface area contributed by atoms with Crippen LogP contribution in [0.2, 0.25) is 0 Å². The van der Waals surface area contributed by atoms with Crippen molar-refractivity contribution in [3.63, 3.8) is 0 Å². The standard InChI is InChI=1S/C21H37N7O2/c1-16(2)17-5-7-19(8-6-17)26-9-11-27(12-10-26)21(22-3)23-13-18-14-28(25-24-18)15-20(29)30-4/h14,16-17,19H,5-13,15H2,1-4H3,(H,22,23). The molecule has 1 N–H and O–H groups in total. The molecule has 1 aromatic heterocycles. The van der Waals surface area contributed by atoms with Crippen molar-refractivity contribution in [2.24, 2.45) is 16.8 Å². The van der Waals surface area contributed by atoms with Gasteiger partial charge in [-0.25, -0.2) is 4.68 Å². The quantitative estimate of drug-likeness (QED) is 0.423. The number of aromatic nitrogens is 3. The van der Waals surface area contributed by atoms with Gasteiger partial charge in [-0.3, -0.25) is 14.7 Å². The number of methoxy groups -OCH3 is 1. The minimum absolute atomic E-state index is 0.0687. The molecule has 1 aromatic rings. The Kier molecular flexibility index (Phi) is 8.07. The molecule has 0 radical (unpaired) electrons. The van der Waals surface area contributed by atoms with Gasteiger partial charge in [-0.15, -0.1) is 5.10 Å². The van der Waals surface area contributed by atoms with Crippen molar-refractivity contribution in [3.8, 4) is 0 Å². The second-order valence-corrected chi connectivity index (χ2v) is 8.72. The van der Waals surface area contributed by atoms with Gasteiger partial charge in [0, 0.05) is 39.3 Å². The largest absolute Gasteiger partial charge is 0.468 e. The SMILES string of the molecule is CN=C(NCc1cn(CC(=O)OC)nn1)N1CCN(C2CCC(C(C)C)CC2)CC1. The first-order valence-corrected chi connectivity index (χ1v) is 11.2. The third-order valence-corrected chi connectivity index (χ3v) is 6.56. The smallest absolute Gasteiger partial charge is 0.327 e. The van der Waals surface area contributed by atoms with Crippen LogP contribution >= 0.6 is 0 Å². The lowest BCUT2D eigenvalue weighted by Gasteiger charge is -2.43. The minimum atomic E-state index is -0.342. The molecule has 0 spiro atoms. The average molecular weight is 420 g/mol. The lowest BCUT2D eigenvalue weighted by molar-refractivity contribution is -0.141. The molecule has 30 heavy (non-hydrogen) atoms. The Labute approximate surface area is 179 Å². The lowest BCUT2D eigenvalue weighted by Crippen LogP contribution is -2.55. The molecule has 2 heterocycles. The maximum atomic E-state index is 11.3. The summed E-state index contributed by atoms with van der Waals surface area (Å²) in [5.74, 6) is 2.28. The van der Waals surface area contributed by atoms with Gasteiger partial charge in [0.2, 0.25) is 0 Å². The molecule has 2 aliphatic rings. The molecule has 0 unspecified atom stereocenters. The predicted octanol–water partition coefficient (Wildman–Crippen LogP) is 1.36. The van der Waals surface area contributed by atoms with E-state index in [4.69, 9.17) is 0 Å². The van der Waals surface area contributed by atoms with Crippen LogP contribution in [0.15, 0.2) is 11.2 Å². The highest BCUT2D eigenvalue weighted by molar-refractivity contribution is 5.79. The van der Waals surface area contributed by atoms with Gasteiger partial charge < -0.3 is 15.0 Å². The highest BCUT2D eigenvalue weighted by Crippen LogP contribution is 2.32. The van der Waals surface area contributed by atoms with Crippen LogP contribution in [0.1, 0.15) is 45.2 Å². The molecule has 0 bridgehead atoms. The zero-order valence-electron chi connectivity index (χ0n) is 18.9. The molecule has 9 nitrogen and oxygen atoms in total. The maximum Gasteiger partial charge on any atom is 0.327 e. The van der Waals surface area contributed by atoms with Gasteiger partial charge in [-0.05, 0) is 37.5 Å². The normalized spacial score (nSPS) is 23.6. The van der Waals surface area contributed by atoms with Crippen molar-refractivity contribution < 1.29 is 9.53 Å². The molecule has 9 heteroatoms. The fourth-order valence-electron chi connectivity index (χ4n) is 4.63. The van der Waals surface area contributed by atoms with E-state index < -0.39 is 0 Å². The number of hydrogen-bond donors (Lipinski definition) is 1. The van der Waals surface area contributed by atoms with E-state index in [0.29, 0.717) is 6.54 Å². The van der Waals surface area contributed by atoms with Crippen molar-refractivity contribution in [2.75, 3.05) is 40.3 Å². The lowest BCUT2D eigenvalue weighted by atomic mass is 9.79. The second-order valence-electron chi connectivity index (χ2n) is 8.72. The van der Waals surface area contributed by atoms with E-state index in [1.54, 1.807) is 6.20 Å². The molecule has 0 aromatic carbocycles. The summed E-state index contributed by atoms with van der Waals surface area (Å²) in [6, 6.07) is 0.752. The first-order chi connectivity index (χ1) is 14.5. The number of carbonyl (C=O) groups excluding carboxylic acids is 1. The van der Waals surface area contributed by atoms with Gasteiger partial charge in [-0.2, -0.15) is 0 Å². The van der Waals surface area contributed by atoms with Crippen LogP contribution < -0.4 is 5.32 Å². The van der Waals surface area contributed by atoms with Crippen molar-refractivity contribution in [1.29, 1.82) is 0 Å². The van der Waals surface area contributed by atoms with E-state index in [1.807, 2.05) is 7.05 Å². The minimum Gasteiger partial charge on any atom is -0.468 e. The molecule has 1 aliphatic carbocycles. The van der Waals surface area contributed by atoms with Gasteiger partial charge in [0.05, 0.1) is 19.9 Å². The molecule has 0 atom stereocenters. The third-order valence-electron chi connectivity index (χ3n) is 6.56. The number of aliphatic imine (C=N–C) groups is 1. The summed E-state index contributed by atoms with van der Waals surface area (Å²) < 4.78 is 6.14. The van der Waals surface area contributed by atoms with Crippen LogP contribution in [0, 0.1) is 11.8 Å². The van der Waals surface area contributed by atoms with Gasteiger partial charge in [0.25, 0.3) is 0 Å². The molecule has 1 aliphatic heterocycles. The number of hydrogen-bond acceptors (Lipinski definition) is 6. The Morgan fingerprint density at radius 1 is 1.23 bits per heavy atom. The van der Waals surface area contributed by atoms with Crippen LogP contribution in [-0.4, -0.2) is 83.1 Å². The van der Waals surface area contributed by atoms with Crippen LogP contribution in [-0.2, 0) is 22.6 Å². The van der Waals surface area contributed by atoms with Crippen LogP contribution in [0.5, 0.6) is 0 Å². The van der Waals surface area contributed by atoms with Gasteiger partial charge >= 0.3 is 5.97 Å². The van der Waals surface area contributed by atoms with Crippen molar-refractivity contribution in [2.45, 2.75) is 58.7 Å². The first kappa shape index (κ1) is 22.5. The fraction of sp³-hybridized carbons (Fsp3) is 0.810. The molecule has 1 saturated heterocycles. The Morgan fingerprint density at radius 3 is 2.53 bits per heavy atom. The summed E-state index contributed by atoms with van der Waals surface area (Å²) in [7, 11) is 3.18. The predicted molar refractivity (Wildman–Crippen MR) is 116 cm³/mol. The number of nitrogens with zero attached hydrogens (tertiary/aromatic N) is 6. The number of nitrogens with one attached hydrogen (secondary N) is 1. The summed E-state index contributed by atoms with van der Waals surface area (Å²) in [5, 5.41) is 11.4. The van der Waals surface area contributed by atoms with Gasteiger partial charge in [0.1, 0.15) is 12.2 Å². The highest BCUT2D eigenvalue weighted by atomic mass is 16.5. The maximum absolute atomic E-state index is 11.3. The molecule has 3 rings (SSSR count). The summed E-state index contributed by atoms with van der Waals surface area (Å²) in [4.78, 5) is 20.8. The van der Waals surface area contributed by atoms with Gasteiger partial charge in [0.15, 0.2) is 5.96 Å². The molecular formula is C21H37N7O2. The van der Waals surface area contributed by atoms with E-state index in [1.165, 1.54) is 37.5 Å². The van der Waals surface area contributed by atoms with Crippen molar-refractivity contribution in [1.82, 2.24) is 30.1 Å². The summed E-state index contributed by atoms with van der Waals surface area (Å²) in [6.07, 6.45) is 7.20. The summed E-state index contributed by atoms with van der Waals surface area (Å²) in [5.41, 5.74) is 0.764. The summed E-state index contributed by atoms with van der Waals surface area (Å²) in [6.45, 7) is 9.47. The molecule has 168 valence electrons. The van der Waals surface area contributed by atoms with Crippen LogP contribution in [0.25, 0.3) is 0 Å². The van der Waals surface area contributed by atoms with E-state index in [-0.39, 0.29) is 12.5 Å². The van der Waals surface area contributed by atoms with E-state index in [0.717, 1.165) is 55.7 Å². The average Bonchev–Trinajstić information content (AvgIpc) is 3.21. The third kappa shape index (κ3) is 5.93. The number of esters is 1. The Bertz CT molecular complexity index is 702. The van der Waals surface area contributed by atoms with Crippen molar-refractivity contribution >= 4 is 11.9 Å². The molecule has 1 saturated carbocycles. The topological polar surface area (TPSA) is 87.9 Å².